The van der Waals surface area contributed by atoms with Gasteiger partial charge in [0.05, 0.1) is 23.6 Å². The molecule has 0 radical (unpaired) electrons. The summed E-state index contributed by atoms with van der Waals surface area (Å²) in [5.74, 6) is 0.683. The van der Waals surface area contributed by atoms with Gasteiger partial charge >= 0.3 is 0 Å². The summed E-state index contributed by atoms with van der Waals surface area (Å²) < 4.78 is 0. The van der Waals surface area contributed by atoms with E-state index in [1.165, 1.54) is 6.21 Å². The van der Waals surface area contributed by atoms with Crippen molar-refractivity contribution < 1.29 is 9.63 Å². The molecule has 4 rings (SSSR count). The highest BCUT2D eigenvalue weighted by Crippen LogP contribution is 2.39. The topological polar surface area (TPSA) is 103 Å². The van der Waals surface area contributed by atoms with Crippen LogP contribution in [-0.2, 0) is 16.2 Å². The second-order valence-electron chi connectivity index (χ2n) is 7.51. The third-order valence-corrected chi connectivity index (χ3v) is 5.45. The van der Waals surface area contributed by atoms with E-state index < -0.39 is 0 Å². The Morgan fingerprint density at radius 3 is 3.00 bits per heavy atom. The van der Waals surface area contributed by atoms with Gasteiger partial charge in [-0.25, -0.2) is 4.98 Å². The molecule has 31 heavy (non-hydrogen) atoms. The molecule has 2 aliphatic rings. The van der Waals surface area contributed by atoms with Crippen LogP contribution in [0.2, 0.25) is 0 Å². The number of amides is 1. The number of hydrogen-bond donors (Lipinski definition) is 3. The number of carbonyl (C=O) groups excluding carboxylic acids is 1. The van der Waals surface area contributed by atoms with Gasteiger partial charge in [0.25, 0.3) is 0 Å². The average molecular weight is 419 g/mol. The van der Waals surface area contributed by atoms with Gasteiger partial charge in [-0.05, 0) is 30.7 Å². The molecule has 8 heteroatoms. The fourth-order valence-corrected chi connectivity index (χ4v) is 3.80. The summed E-state index contributed by atoms with van der Waals surface area (Å²) in [7, 11) is 1.80. The number of oxime groups is 1. The van der Waals surface area contributed by atoms with Crippen molar-refractivity contribution in [1.29, 1.82) is 5.41 Å². The number of rotatable bonds is 6. The van der Waals surface area contributed by atoms with Crippen LogP contribution in [-0.4, -0.2) is 36.5 Å². The van der Waals surface area contributed by atoms with Crippen LogP contribution < -0.4 is 15.5 Å². The van der Waals surface area contributed by atoms with Gasteiger partial charge in [0.2, 0.25) is 5.91 Å². The lowest BCUT2D eigenvalue weighted by molar-refractivity contribution is -0.122. The third kappa shape index (κ3) is 4.14. The predicted molar refractivity (Wildman–Crippen MR) is 123 cm³/mol. The lowest BCUT2D eigenvalue weighted by Gasteiger charge is -2.32. The predicted octanol–water partition coefficient (Wildman–Crippen LogP) is 3.68. The number of hydrogen-bond acceptors (Lipinski definition) is 7. The molecule has 2 heterocycles. The molecule has 160 valence electrons. The molecule has 0 unspecified atom stereocenters. The summed E-state index contributed by atoms with van der Waals surface area (Å²) in [6, 6.07) is 9.68. The number of nitrogens with one attached hydrogen (secondary N) is 3. The number of allylic oxidation sites excluding steroid dienone is 1. The molecule has 3 N–H and O–H groups in total. The van der Waals surface area contributed by atoms with E-state index in [4.69, 9.17) is 10.2 Å². The smallest absolute Gasteiger partial charge is 0.231 e. The van der Waals surface area contributed by atoms with Gasteiger partial charge in [-0.2, -0.15) is 0 Å². The van der Waals surface area contributed by atoms with Gasteiger partial charge in [0.15, 0.2) is 0 Å². The standard InChI is InChI=1S/C23H26N6O2/c1-3-31-28-19-9-17(10-19)23(30)29-14-16-5-4-8-26-22(16)27-20-7-6-15(11-21(20)29)18(12-24)13-25-2/h4-8,11-13,17,24-25H,3,9-10,14H2,1-2H3,(H,26,27)/b18-13+,24-12?,28-19?. The van der Waals surface area contributed by atoms with Crippen LogP contribution in [0.15, 0.2) is 47.9 Å². The molecule has 0 bridgehead atoms. The number of fused-ring (bicyclic) bond motifs is 2. The number of carbonyl (C=O) groups is 1. The molecule has 1 amide bonds. The van der Waals surface area contributed by atoms with E-state index in [0.717, 1.165) is 39.6 Å². The molecule has 1 aliphatic heterocycles. The molecule has 0 saturated heterocycles. The minimum atomic E-state index is -0.121. The molecule has 2 aromatic rings. The SMILES string of the molecule is CCON=C1CC(C(=O)N2Cc3cccnc3Nc3ccc(/C(C=N)=C/NC)cc32)C1. The second-order valence-corrected chi connectivity index (χ2v) is 7.51. The lowest BCUT2D eigenvalue weighted by atomic mass is 9.82. The van der Waals surface area contributed by atoms with Crippen molar-refractivity contribution >= 4 is 40.6 Å². The van der Waals surface area contributed by atoms with Crippen LogP contribution in [0.4, 0.5) is 17.2 Å². The summed E-state index contributed by atoms with van der Waals surface area (Å²) >= 11 is 0. The quantitative estimate of drug-likeness (QED) is 0.490. The van der Waals surface area contributed by atoms with E-state index in [-0.39, 0.29) is 11.8 Å². The number of benzene rings is 1. The fourth-order valence-electron chi connectivity index (χ4n) is 3.80. The van der Waals surface area contributed by atoms with Crippen LogP contribution in [0, 0.1) is 11.3 Å². The normalized spacial score (nSPS) is 17.4. The van der Waals surface area contributed by atoms with Crippen LogP contribution in [0.3, 0.4) is 0 Å². The maximum Gasteiger partial charge on any atom is 0.231 e. The highest BCUT2D eigenvalue weighted by Gasteiger charge is 2.37. The molecule has 0 spiro atoms. The van der Waals surface area contributed by atoms with Crippen molar-refractivity contribution in [1.82, 2.24) is 10.3 Å². The first-order valence-corrected chi connectivity index (χ1v) is 10.4. The molecule has 1 aromatic heterocycles. The summed E-state index contributed by atoms with van der Waals surface area (Å²) in [6.07, 6.45) is 6.03. The van der Waals surface area contributed by atoms with Crippen molar-refractivity contribution in [3.05, 3.63) is 53.9 Å². The molecule has 8 nitrogen and oxygen atoms in total. The van der Waals surface area contributed by atoms with Crippen molar-refractivity contribution in [2.45, 2.75) is 26.3 Å². The summed E-state index contributed by atoms with van der Waals surface area (Å²) in [4.78, 5) is 24.9. The Labute approximate surface area is 181 Å². The Morgan fingerprint density at radius 2 is 2.26 bits per heavy atom. The van der Waals surface area contributed by atoms with E-state index in [9.17, 15) is 4.79 Å². The average Bonchev–Trinajstić information content (AvgIpc) is 2.92. The molecule has 1 saturated carbocycles. The van der Waals surface area contributed by atoms with Crippen molar-refractivity contribution in [3.8, 4) is 0 Å². The zero-order chi connectivity index (χ0) is 21.8. The van der Waals surface area contributed by atoms with E-state index in [0.29, 0.717) is 26.0 Å². The van der Waals surface area contributed by atoms with Gasteiger partial charge in [0, 0.05) is 55.6 Å². The molecule has 1 fully saturated rings. The first-order chi connectivity index (χ1) is 15.1. The molecule has 1 aromatic carbocycles. The van der Waals surface area contributed by atoms with Gasteiger partial charge in [-0.3, -0.25) is 4.79 Å². The number of anilines is 3. The summed E-state index contributed by atoms with van der Waals surface area (Å²) in [5, 5.41) is 18.2. The lowest BCUT2D eigenvalue weighted by Crippen LogP contribution is -2.42. The first-order valence-electron chi connectivity index (χ1n) is 10.4. The highest BCUT2D eigenvalue weighted by atomic mass is 16.6. The maximum absolute atomic E-state index is 13.5. The van der Waals surface area contributed by atoms with E-state index >= 15 is 0 Å². The monoisotopic (exact) mass is 418 g/mol. The van der Waals surface area contributed by atoms with Crippen LogP contribution >= 0.6 is 0 Å². The molecule has 1 aliphatic carbocycles. The Bertz CT molecular complexity index is 1050. The van der Waals surface area contributed by atoms with Gasteiger partial charge in [0.1, 0.15) is 12.4 Å². The zero-order valence-corrected chi connectivity index (χ0v) is 17.7. The fraction of sp³-hybridized carbons (Fsp3) is 0.304. The van der Waals surface area contributed by atoms with Crippen molar-refractivity contribution in [2.75, 3.05) is 23.9 Å². The minimum Gasteiger partial charge on any atom is -0.396 e. The Balaban J connectivity index is 1.71. The van der Waals surface area contributed by atoms with E-state index in [1.807, 2.05) is 42.2 Å². The molecule has 0 atom stereocenters. The van der Waals surface area contributed by atoms with Gasteiger partial charge < -0.3 is 25.8 Å². The number of aromatic nitrogens is 1. The highest BCUT2D eigenvalue weighted by molar-refractivity contribution is 6.10. The maximum atomic E-state index is 13.5. The van der Waals surface area contributed by atoms with Gasteiger partial charge in [-0.15, -0.1) is 0 Å². The molecular weight excluding hydrogens is 392 g/mol. The summed E-state index contributed by atoms with van der Waals surface area (Å²) in [5.41, 5.74) is 5.05. The second kappa shape index (κ2) is 8.99. The van der Waals surface area contributed by atoms with E-state index in [1.54, 1.807) is 19.4 Å². The first kappa shape index (κ1) is 20.6. The number of pyridine rings is 1. The Hall–Kier alpha value is -3.68. The van der Waals surface area contributed by atoms with Crippen molar-refractivity contribution in [2.24, 2.45) is 11.1 Å². The van der Waals surface area contributed by atoms with E-state index in [2.05, 4.69) is 20.8 Å². The Kier molecular flexibility index (Phi) is 5.97. The minimum absolute atomic E-state index is 0.0568. The van der Waals surface area contributed by atoms with Crippen LogP contribution in [0.5, 0.6) is 0 Å². The number of nitrogens with zero attached hydrogens (tertiary/aromatic N) is 3. The zero-order valence-electron chi connectivity index (χ0n) is 17.7. The van der Waals surface area contributed by atoms with Crippen LogP contribution in [0.1, 0.15) is 30.9 Å². The largest absolute Gasteiger partial charge is 0.396 e. The summed E-state index contributed by atoms with van der Waals surface area (Å²) in [6.45, 7) is 2.84. The van der Waals surface area contributed by atoms with Crippen molar-refractivity contribution in [3.63, 3.8) is 0 Å². The molecular formula is C23H26N6O2. The third-order valence-electron chi connectivity index (χ3n) is 5.45. The van der Waals surface area contributed by atoms with Gasteiger partial charge in [-0.1, -0.05) is 17.3 Å². The Morgan fingerprint density at radius 1 is 1.42 bits per heavy atom. The van der Waals surface area contributed by atoms with Crippen LogP contribution in [0.25, 0.3) is 5.57 Å².